The quantitative estimate of drug-likeness (QED) is 0.760. The fourth-order valence-corrected chi connectivity index (χ4v) is 4.43. The van der Waals surface area contributed by atoms with E-state index in [4.69, 9.17) is 4.74 Å². The van der Waals surface area contributed by atoms with Crippen molar-refractivity contribution >= 4 is 21.7 Å². The zero-order chi connectivity index (χ0) is 16.7. The number of aromatic nitrogens is 3. The van der Waals surface area contributed by atoms with Gasteiger partial charge in [-0.15, -0.1) is 0 Å². The largest absolute Gasteiger partial charge is 0.502 e. The summed E-state index contributed by atoms with van der Waals surface area (Å²) in [6, 6.07) is 3.86. The van der Waals surface area contributed by atoms with Crippen molar-refractivity contribution in [3.8, 4) is 22.2 Å². The Morgan fingerprint density at radius 2 is 2.08 bits per heavy atom. The van der Waals surface area contributed by atoms with Gasteiger partial charge in [0.05, 0.1) is 0 Å². The summed E-state index contributed by atoms with van der Waals surface area (Å²) in [5.41, 5.74) is 1.37. The predicted molar refractivity (Wildman–Crippen MR) is 95.6 cm³/mol. The third-order valence-corrected chi connectivity index (χ3v) is 5.99. The van der Waals surface area contributed by atoms with E-state index in [0.717, 1.165) is 28.2 Å². The molecule has 1 aliphatic rings. The summed E-state index contributed by atoms with van der Waals surface area (Å²) in [6.45, 7) is 2.14. The minimum atomic E-state index is -0.198. The summed E-state index contributed by atoms with van der Waals surface area (Å²) >= 11 is 1.54. The molecular formula is C18H21N3O2S. The fraction of sp³-hybridized carbons (Fsp3) is 0.444. The number of pyridine rings is 1. The molecule has 5 nitrogen and oxygen atoms in total. The van der Waals surface area contributed by atoms with Crippen LogP contribution in [0.3, 0.4) is 0 Å². The number of hydrogen-bond donors (Lipinski definition) is 1. The second-order valence-corrected chi connectivity index (χ2v) is 7.72. The molecule has 3 aromatic rings. The van der Waals surface area contributed by atoms with Gasteiger partial charge in [0.15, 0.2) is 0 Å². The molecule has 1 saturated carbocycles. The molecule has 126 valence electrons. The van der Waals surface area contributed by atoms with Crippen LogP contribution >= 0.6 is 11.3 Å². The molecule has 0 spiro atoms. The Morgan fingerprint density at radius 1 is 1.29 bits per heavy atom. The Bertz CT molecular complexity index is 826. The van der Waals surface area contributed by atoms with Crippen molar-refractivity contribution in [2.45, 2.75) is 44.6 Å². The monoisotopic (exact) mass is 343 g/mol. The molecule has 0 radical (unpaired) electrons. The Hall–Kier alpha value is -2.08. The number of aromatic hydroxyl groups is 1. The first-order chi connectivity index (χ1) is 11.6. The van der Waals surface area contributed by atoms with Crippen LogP contribution in [0.1, 0.15) is 39.0 Å². The van der Waals surface area contributed by atoms with E-state index in [0.29, 0.717) is 11.4 Å². The number of rotatable bonds is 3. The molecule has 0 aromatic carbocycles. The minimum absolute atomic E-state index is 0.144. The van der Waals surface area contributed by atoms with Crippen molar-refractivity contribution in [1.82, 2.24) is 14.5 Å². The lowest BCUT2D eigenvalue weighted by atomic mass is 9.86. The number of fused-ring (bicyclic) bond motifs is 1. The zero-order valence-corrected chi connectivity index (χ0v) is 14.8. The van der Waals surface area contributed by atoms with Gasteiger partial charge in [-0.05, 0) is 44.7 Å². The van der Waals surface area contributed by atoms with E-state index in [1.807, 2.05) is 23.7 Å². The third-order valence-electron chi connectivity index (χ3n) is 4.81. The molecule has 0 aliphatic heterocycles. The SMILES string of the molecule is Cn1c(OC2(C)CCCCC2)c(O)c2nc(-c3cccnc3)sc21. The summed E-state index contributed by atoms with van der Waals surface area (Å²) < 4.78 is 8.18. The van der Waals surface area contributed by atoms with Gasteiger partial charge >= 0.3 is 0 Å². The maximum Gasteiger partial charge on any atom is 0.240 e. The number of thiazole rings is 1. The van der Waals surface area contributed by atoms with Gasteiger partial charge in [-0.2, -0.15) is 0 Å². The van der Waals surface area contributed by atoms with Crippen molar-refractivity contribution in [2.24, 2.45) is 7.05 Å². The first kappa shape index (κ1) is 15.4. The normalized spacial score (nSPS) is 17.2. The fourth-order valence-electron chi connectivity index (χ4n) is 3.41. The smallest absolute Gasteiger partial charge is 0.240 e. The predicted octanol–water partition coefficient (Wildman–Crippen LogP) is 4.50. The van der Waals surface area contributed by atoms with E-state index in [-0.39, 0.29) is 11.4 Å². The van der Waals surface area contributed by atoms with Gasteiger partial charge in [0, 0.05) is 25.0 Å². The van der Waals surface area contributed by atoms with Crippen molar-refractivity contribution in [2.75, 3.05) is 0 Å². The summed E-state index contributed by atoms with van der Waals surface area (Å²) in [5, 5.41) is 11.5. The molecular weight excluding hydrogens is 322 g/mol. The molecule has 0 bridgehead atoms. The average molecular weight is 343 g/mol. The maximum absolute atomic E-state index is 10.7. The summed E-state index contributed by atoms with van der Waals surface area (Å²) in [6.07, 6.45) is 9.21. The molecule has 0 atom stereocenters. The van der Waals surface area contributed by atoms with Crippen LogP contribution in [0.15, 0.2) is 24.5 Å². The van der Waals surface area contributed by atoms with Crippen molar-refractivity contribution < 1.29 is 9.84 Å². The van der Waals surface area contributed by atoms with E-state index < -0.39 is 0 Å². The summed E-state index contributed by atoms with van der Waals surface area (Å²) in [7, 11) is 1.93. The topological polar surface area (TPSA) is 60.2 Å². The van der Waals surface area contributed by atoms with Crippen molar-refractivity contribution in [3.05, 3.63) is 24.5 Å². The van der Waals surface area contributed by atoms with Crippen LogP contribution in [0.2, 0.25) is 0 Å². The molecule has 24 heavy (non-hydrogen) atoms. The summed E-state index contributed by atoms with van der Waals surface area (Å²) in [5.74, 6) is 0.677. The van der Waals surface area contributed by atoms with Crippen LogP contribution < -0.4 is 4.74 Å². The number of hydrogen-bond acceptors (Lipinski definition) is 5. The first-order valence-electron chi connectivity index (χ1n) is 8.35. The second-order valence-electron chi connectivity index (χ2n) is 6.74. The van der Waals surface area contributed by atoms with E-state index in [2.05, 4.69) is 16.9 Å². The molecule has 6 heteroatoms. The van der Waals surface area contributed by atoms with Gasteiger partial charge in [0.1, 0.15) is 21.0 Å². The van der Waals surface area contributed by atoms with Gasteiger partial charge < -0.3 is 14.4 Å². The van der Waals surface area contributed by atoms with E-state index in [9.17, 15) is 5.11 Å². The lowest BCUT2D eigenvalue weighted by Crippen LogP contribution is -2.35. The van der Waals surface area contributed by atoms with E-state index >= 15 is 0 Å². The molecule has 0 unspecified atom stereocenters. The Balaban J connectivity index is 1.72. The van der Waals surface area contributed by atoms with Crippen LogP contribution in [-0.4, -0.2) is 25.2 Å². The molecule has 0 saturated heterocycles. The van der Waals surface area contributed by atoms with E-state index in [1.165, 1.54) is 19.3 Å². The minimum Gasteiger partial charge on any atom is -0.502 e. The lowest BCUT2D eigenvalue weighted by Gasteiger charge is -2.34. The van der Waals surface area contributed by atoms with Crippen LogP contribution in [0.5, 0.6) is 11.6 Å². The Labute approximate surface area is 144 Å². The van der Waals surface area contributed by atoms with Crippen LogP contribution in [0.4, 0.5) is 0 Å². The summed E-state index contributed by atoms with van der Waals surface area (Å²) in [4.78, 5) is 9.66. The molecule has 1 fully saturated rings. The standard InChI is InChI=1S/C18H21N3O2S/c1-18(8-4-3-5-9-18)23-16-14(22)13-17(21(16)2)24-15(20-13)12-7-6-10-19-11-12/h6-7,10-11,22H,3-5,8-9H2,1-2H3. The van der Waals surface area contributed by atoms with Gasteiger partial charge in [-0.25, -0.2) is 4.98 Å². The third kappa shape index (κ3) is 2.55. The maximum atomic E-state index is 10.7. The highest BCUT2D eigenvalue weighted by molar-refractivity contribution is 7.21. The van der Waals surface area contributed by atoms with Gasteiger partial charge in [0.25, 0.3) is 0 Å². The van der Waals surface area contributed by atoms with E-state index in [1.54, 1.807) is 23.7 Å². The van der Waals surface area contributed by atoms with Crippen LogP contribution in [-0.2, 0) is 7.05 Å². The molecule has 3 aromatic heterocycles. The Kier molecular flexibility index (Phi) is 3.72. The average Bonchev–Trinajstić information content (AvgIpc) is 3.12. The number of ether oxygens (including phenoxy) is 1. The number of nitrogens with zero attached hydrogens (tertiary/aromatic N) is 3. The molecule has 4 rings (SSSR count). The van der Waals surface area contributed by atoms with Crippen molar-refractivity contribution in [1.29, 1.82) is 0 Å². The highest BCUT2D eigenvalue weighted by Gasteiger charge is 2.32. The number of aryl methyl sites for hydroxylation is 1. The molecule has 3 heterocycles. The van der Waals surface area contributed by atoms with Gasteiger partial charge in [0.2, 0.25) is 11.6 Å². The first-order valence-corrected chi connectivity index (χ1v) is 9.17. The van der Waals surface area contributed by atoms with Gasteiger partial charge in [-0.1, -0.05) is 17.8 Å². The second kappa shape index (κ2) is 5.77. The lowest BCUT2D eigenvalue weighted by molar-refractivity contribution is 0.0388. The van der Waals surface area contributed by atoms with Crippen LogP contribution in [0.25, 0.3) is 20.9 Å². The highest BCUT2D eigenvalue weighted by atomic mass is 32.1. The molecule has 0 amide bonds. The van der Waals surface area contributed by atoms with Crippen LogP contribution in [0, 0.1) is 0 Å². The molecule has 1 N–H and O–H groups in total. The molecule has 1 aliphatic carbocycles. The van der Waals surface area contributed by atoms with Gasteiger partial charge in [-0.3, -0.25) is 4.98 Å². The zero-order valence-electron chi connectivity index (χ0n) is 14.0. The highest BCUT2D eigenvalue weighted by Crippen LogP contribution is 2.44. The Morgan fingerprint density at radius 3 is 2.75 bits per heavy atom. The van der Waals surface area contributed by atoms with Crippen molar-refractivity contribution in [3.63, 3.8) is 0 Å².